The maximum absolute atomic E-state index is 13.5. The lowest BCUT2D eigenvalue weighted by Gasteiger charge is -2.56. The Balaban J connectivity index is 1.80. The number of ketones is 1. The highest BCUT2D eigenvalue weighted by molar-refractivity contribution is 5.99. The zero-order chi connectivity index (χ0) is 20.7. The summed E-state index contributed by atoms with van der Waals surface area (Å²) in [6.45, 7) is 9.61. The lowest BCUT2D eigenvalue weighted by atomic mass is 9.67. The minimum absolute atomic E-state index is 0.0705. The average molecular weight is 396 g/mol. The first-order valence-electron chi connectivity index (χ1n) is 10.5. The second-order valence-electron chi connectivity index (χ2n) is 9.47. The minimum Gasteiger partial charge on any atom is -0.454 e. The molecule has 1 saturated heterocycles. The van der Waals surface area contributed by atoms with Crippen molar-refractivity contribution in [1.29, 1.82) is 0 Å². The first-order chi connectivity index (χ1) is 13.7. The number of hydrogen-bond donors (Lipinski definition) is 1. The molecule has 1 aromatic carbocycles. The Kier molecular flexibility index (Phi) is 3.88. The third-order valence-corrected chi connectivity index (χ3v) is 7.24. The summed E-state index contributed by atoms with van der Waals surface area (Å²) in [7, 11) is 0. The van der Waals surface area contributed by atoms with Crippen molar-refractivity contribution in [3.8, 4) is 5.75 Å². The Morgan fingerprint density at radius 1 is 1.28 bits per heavy atom. The maximum Gasteiger partial charge on any atom is 0.304 e. The number of aryl methyl sites for hydroxylation is 1. The van der Waals surface area contributed by atoms with Crippen molar-refractivity contribution in [2.75, 3.05) is 0 Å². The smallest absolute Gasteiger partial charge is 0.304 e. The minimum atomic E-state index is -1.77. The van der Waals surface area contributed by atoms with Gasteiger partial charge < -0.3 is 19.0 Å². The molecule has 0 radical (unpaired) electrons. The van der Waals surface area contributed by atoms with Crippen LogP contribution in [-0.4, -0.2) is 22.3 Å². The molecular formula is C24H28O5. The molecule has 1 aromatic heterocycles. The van der Waals surface area contributed by atoms with Gasteiger partial charge in [0.25, 0.3) is 0 Å². The lowest BCUT2D eigenvalue weighted by Crippen LogP contribution is -2.71. The monoisotopic (exact) mass is 396 g/mol. The summed E-state index contributed by atoms with van der Waals surface area (Å²) in [4.78, 5) is 13.5. The zero-order valence-corrected chi connectivity index (χ0v) is 17.6. The maximum atomic E-state index is 13.5. The van der Waals surface area contributed by atoms with Crippen LogP contribution >= 0.6 is 0 Å². The number of rotatable bonds is 2. The van der Waals surface area contributed by atoms with E-state index in [1.54, 1.807) is 6.92 Å². The van der Waals surface area contributed by atoms with E-state index in [2.05, 4.69) is 6.92 Å². The molecule has 2 aliphatic heterocycles. The van der Waals surface area contributed by atoms with Gasteiger partial charge in [0.1, 0.15) is 17.3 Å². The van der Waals surface area contributed by atoms with E-state index in [9.17, 15) is 9.90 Å². The number of furan rings is 1. The third kappa shape index (κ3) is 2.32. The van der Waals surface area contributed by atoms with Crippen LogP contribution in [0, 0.1) is 24.7 Å². The van der Waals surface area contributed by atoms with Crippen LogP contribution in [0.3, 0.4) is 0 Å². The summed E-state index contributed by atoms with van der Waals surface area (Å²) in [5, 5.41) is 12.6. The van der Waals surface area contributed by atoms with Crippen LogP contribution in [0.1, 0.15) is 58.0 Å². The number of fused-ring (bicyclic) bond motifs is 8. The largest absolute Gasteiger partial charge is 0.454 e. The van der Waals surface area contributed by atoms with Crippen LogP contribution in [0.2, 0.25) is 0 Å². The van der Waals surface area contributed by atoms with Crippen LogP contribution in [0.4, 0.5) is 0 Å². The van der Waals surface area contributed by atoms with Gasteiger partial charge in [0.05, 0.1) is 5.39 Å². The van der Waals surface area contributed by atoms with Crippen molar-refractivity contribution >= 4 is 16.8 Å². The van der Waals surface area contributed by atoms with Crippen molar-refractivity contribution in [2.24, 2.45) is 17.8 Å². The van der Waals surface area contributed by atoms with Crippen molar-refractivity contribution in [2.45, 2.75) is 65.0 Å². The van der Waals surface area contributed by atoms with E-state index in [-0.39, 0.29) is 17.6 Å². The van der Waals surface area contributed by atoms with Gasteiger partial charge in [-0.15, -0.1) is 0 Å². The molecule has 1 saturated carbocycles. The molecule has 0 unspecified atom stereocenters. The molecule has 2 aromatic rings. The molecule has 3 aliphatic rings. The SMILES string of the molecule is CC(C)=CC(=O)[C@@]12Oc3c(oc4cccc(C)c34)[C@@H](O1)[C@H]1[C@@H](CC[C@@H]1C)[C@]2(C)O. The van der Waals surface area contributed by atoms with Gasteiger partial charge in [0.15, 0.2) is 11.5 Å². The summed E-state index contributed by atoms with van der Waals surface area (Å²) in [6.07, 6.45) is 2.92. The number of ether oxygens (including phenoxy) is 2. The second-order valence-corrected chi connectivity index (χ2v) is 9.47. The number of benzene rings is 1. The summed E-state index contributed by atoms with van der Waals surface area (Å²) in [6, 6.07) is 5.85. The molecule has 5 nitrogen and oxygen atoms in total. The number of aliphatic hydroxyl groups is 1. The summed E-state index contributed by atoms with van der Waals surface area (Å²) in [5.74, 6) is -0.606. The topological polar surface area (TPSA) is 68.9 Å². The standard InChI is InChI=1S/C24H28O5/c1-12(2)11-17(25)24-23(5,26)15-10-9-14(4)18(15)20(28-24)22-21(29-24)19-13(3)7-6-8-16(19)27-22/h6-8,11,14-15,18,20,26H,9-10H2,1-5H3/t14-,15+,18+,20-,23-,24-/m0/s1. The fraction of sp³-hybridized carbons (Fsp3) is 0.542. The van der Waals surface area contributed by atoms with Crippen molar-refractivity contribution < 1.29 is 23.8 Å². The molecule has 0 amide bonds. The highest BCUT2D eigenvalue weighted by atomic mass is 16.7. The Labute approximate surface area is 170 Å². The molecule has 0 spiro atoms. The summed E-state index contributed by atoms with van der Waals surface area (Å²) >= 11 is 0. The Morgan fingerprint density at radius 2 is 2.03 bits per heavy atom. The molecule has 5 heteroatoms. The Bertz CT molecular complexity index is 1040. The molecule has 2 bridgehead atoms. The van der Waals surface area contributed by atoms with E-state index in [4.69, 9.17) is 13.9 Å². The highest BCUT2D eigenvalue weighted by Gasteiger charge is 2.71. The van der Waals surface area contributed by atoms with Gasteiger partial charge >= 0.3 is 5.79 Å². The Hall–Kier alpha value is -2.11. The second kappa shape index (κ2) is 5.96. The molecule has 154 valence electrons. The first-order valence-corrected chi connectivity index (χ1v) is 10.5. The van der Waals surface area contributed by atoms with Gasteiger partial charge in [-0.05, 0) is 64.2 Å². The molecular weight excluding hydrogens is 368 g/mol. The van der Waals surface area contributed by atoms with E-state index in [1.807, 2.05) is 39.0 Å². The zero-order valence-electron chi connectivity index (χ0n) is 17.6. The fourth-order valence-electron chi connectivity index (χ4n) is 5.82. The van der Waals surface area contributed by atoms with E-state index >= 15 is 0 Å². The van der Waals surface area contributed by atoms with Crippen molar-refractivity contribution in [3.05, 3.63) is 41.2 Å². The molecule has 3 heterocycles. The van der Waals surface area contributed by atoms with Gasteiger partial charge in [-0.2, -0.15) is 0 Å². The van der Waals surface area contributed by atoms with Crippen LogP contribution in [0.15, 0.2) is 34.3 Å². The van der Waals surface area contributed by atoms with Gasteiger partial charge in [-0.3, -0.25) is 4.79 Å². The number of hydrogen-bond acceptors (Lipinski definition) is 5. The van der Waals surface area contributed by atoms with Crippen LogP contribution in [0.5, 0.6) is 5.75 Å². The molecule has 5 rings (SSSR count). The molecule has 6 atom stereocenters. The van der Waals surface area contributed by atoms with E-state index in [1.165, 1.54) is 6.08 Å². The third-order valence-electron chi connectivity index (χ3n) is 7.24. The first kappa shape index (κ1) is 18.9. The predicted molar refractivity (Wildman–Crippen MR) is 109 cm³/mol. The average Bonchev–Trinajstić information content (AvgIpc) is 3.21. The molecule has 29 heavy (non-hydrogen) atoms. The fourth-order valence-corrected chi connectivity index (χ4v) is 5.82. The number of carbonyl (C=O) groups excluding carboxylic acids is 1. The van der Waals surface area contributed by atoms with Gasteiger partial charge in [0.2, 0.25) is 5.78 Å². The van der Waals surface area contributed by atoms with E-state index in [0.717, 1.165) is 34.9 Å². The molecule has 1 aliphatic carbocycles. The normalized spacial score (nSPS) is 37.6. The van der Waals surface area contributed by atoms with Crippen LogP contribution < -0.4 is 4.74 Å². The predicted octanol–water partition coefficient (Wildman–Crippen LogP) is 4.85. The van der Waals surface area contributed by atoms with Gasteiger partial charge in [0, 0.05) is 11.8 Å². The number of allylic oxidation sites excluding steroid dienone is 1. The highest BCUT2D eigenvalue weighted by Crippen LogP contribution is 2.63. The summed E-state index contributed by atoms with van der Waals surface area (Å²) < 4.78 is 19.0. The lowest BCUT2D eigenvalue weighted by molar-refractivity contribution is -0.346. The van der Waals surface area contributed by atoms with Gasteiger partial charge in [-0.25, -0.2) is 0 Å². The van der Waals surface area contributed by atoms with Crippen molar-refractivity contribution in [1.82, 2.24) is 0 Å². The van der Waals surface area contributed by atoms with Gasteiger partial charge in [-0.1, -0.05) is 24.6 Å². The quantitative estimate of drug-likeness (QED) is 0.735. The molecule has 2 fully saturated rings. The van der Waals surface area contributed by atoms with Crippen LogP contribution in [-0.2, 0) is 9.53 Å². The van der Waals surface area contributed by atoms with Crippen LogP contribution in [0.25, 0.3) is 11.0 Å². The molecule has 1 N–H and O–H groups in total. The number of carbonyl (C=O) groups is 1. The Morgan fingerprint density at radius 3 is 2.76 bits per heavy atom. The van der Waals surface area contributed by atoms with E-state index < -0.39 is 17.5 Å². The van der Waals surface area contributed by atoms with E-state index in [0.29, 0.717) is 17.4 Å². The summed E-state index contributed by atoms with van der Waals surface area (Å²) in [5.41, 5.74) is 1.11. The van der Waals surface area contributed by atoms with Crippen molar-refractivity contribution in [3.63, 3.8) is 0 Å².